The Hall–Kier alpha value is -2.38. The van der Waals surface area contributed by atoms with Gasteiger partial charge in [-0.25, -0.2) is 19.5 Å². The molecule has 7 heteroatoms. The van der Waals surface area contributed by atoms with E-state index in [4.69, 9.17) is 4.74 Å². The highest BCUT2D eigenvalue weighted by atomic mass is 16.5. The van der Waals surface area contributed by atoms with E-state index in [2.05, 4.69) is 31.9 Å². The molecule has 4 rings (SSSR count). The lowest BCUT2D eigenvalue weighted by atomic mass is 10.2. The number of aromatic nitrogens is 5. The van der Waals surface area contributed by atoms with Crippen molar-refractivity contribution in [3.8, 4) is 0 Å². The molecule has 1 fully saturated rings. The normalized spacial score (nSPS) is 18.5. The molecule has 1 aliphatic heterocycles. The van der Waals surface area contributed by atoms with Crippen molar-refractivity contribution in [1.29, 1.82) is 0 Å². The summed E-state index contributed by atoms with van der Waals surface area (Å²) < 4.78 is 7.86. The predicted molar refractivity (Wildman–Crippen MR) is 97.9 cm³/mol. The van der Waals surface area contributed by atoms with Gasteiger partial charge in [-0.05, 0) is 39.8 Å². The summed E-state index contributed by atoms with van der Waals surface area (Å²) in [5.41, 5.74) is 6.14. The van der Waals surface area contributed by atoms with Crippen LogP contribution in [0.25, 0.3) is 5.65 Å². The molecule has 0 N–H and O–H groups in total. The largest absolute Gasteiger partial charge is 0.368 e. The standard InChI is InChI=1S/C19H24N6O/c1-12-7-13(2)22-18(21-12)17-11-24(5-6-26-17)10-16-9-20-25-15(4)8-14(3)23-19(16)25/h7-9,17H,5-6,10-11H2,1-4H3/t17-/m0/s1. The summed E-state index contributed by atoms with van der Waals surface area (Å²) in [6.45, 7) is 11.2. The van der Waals surface area contributed by atoms with Crippen LogP contribution in [-0.2, 0) is 11.3 Å². The number of hydrogen-bond acceptors (Lipinski definition) is 6. The van der Waals surface area contributed by atoms with Crippen molar-refractivity contribution >= 4 is 5.65 Å². The zero-order valence-corrected chi connectivity index (χ0v) is 15.7. The summed E-state index contributed by atoms with van der Waals surface area (Å²) in [6.07, 6.45) is 1.83. The van der Waals surface area contributed by atoms with Gasteiger partial charge in [0, 0.05) is 48.0 Å². The Labute approximate surface area is 153 Å². The van der Waals surface area contributed by atoms with Crippen molar-refractivity contribution in [1.82, 2.24) is 29.5 Å². The number of morpholine rings is 1. The molecule has 0 radical (unpaired) electrons. The van der Waals surface area contributed by atoms with Crippen LogP contribution in [0.4, 0.5) is 0 Å². The van der Waals surface area contributed by atoms with Gasteiger partial charge in [-0.1, -0.05) is 0 Å². The van der Waals surface area contributed by atoms with Gasteiger partial charge < -0.3 is 4.74 Å². The molecule has 3 aromatic rings. The summed E-state index contributed by atoms with van der Waals surface area (Å²) in [4.78, 5) is 16.2. The molecule has 26 heavy (non-hydrogen) atoms. The molecule has 1 saturated heterocycles. The van der Waals surface area contributed by atoms with Gasteiger partial charge in [-0.15, -0.1) is 0 Å². The molecule has 3 aromatic heterocycles. The van der Waals surface area contributed by atoms with Gasteiger partial charge in [0.1, 0.15) is 6.10 Å². The topological polar surface area (TPSA) is 68.4 Å². The van der Waals surface area contributed by atoms with E-state index in [1.54, 1.807) is 0 Å². The Bertz CT molecular complexity index is 930. The molecule has 1 atom stereocenters. The van der Waals surface area contributed by atoms with E-state index in [9.17, 15) is 0 Å². The second kappa shape index (κ2) is 6.74. The van der Waals surface area contributed by atoms with Crippen LogP contribution >= 0.6 is 0 Å². The minimum atomic E-state index is -0.0966. The molecule has 0 aromatic carbocycles. The lowest BCUT2D eigenvalue weighted by Gasteiger charge is -2.32. The number of rotatable bonds is 3. The molecule has 0 amide bonds. The lowest BCUT2D eigenvalue weighted by Crippen LogP contribution is -2.38. The molecule has 0 spiro atoms. The molecule has 0 aliphatic carbocycles. The van der Waals surface area contributed by atoms with Crippen LogP contribution in [-0.4, -0.2) is 49.2 Å². The average molecular weight is 352 g/mol. The van der Waals surface area contributed by atoms with E-state index in [1.807, 2.05) is 43.6 Å². The molecular weight excluding hydrogens is 328 g/mol. The fourth-order valence-corrected chi connectivity index (χ4v) is 3.57. The average Bonchev–Trinajstić information content (AvgIpc) is 2.97. The molecular formula is C19H24N6O. The van der Waals surface area contributed by atoms with Gasteiger partial charge in [0.05, 0.1) is 12.8 Å². The summed E-state index contributed by atoms with van der Waals surface area (Å²) in [7, 11) is 0. The zero-order valence-electron chi connectivity index (χ0n) is 15.7. The molecule has 7 nitrogen and oxygen atoms in total. The first-order chi connectivity index (χ1) is 12.5. The van der Waals surface area contributed by atoms with Crippen molar-refractivity contribution in [2.75, 3.05) is 19.7 Å². The van der Waals surface area contributed by atoms with Gasteiger partial charge in [0.25, 0.3) is 0 Å². The highest BCUT2D eigenvalue weighted by Crippen LogP contribution is 2.22. The molecule has 1 aliphatic rings. The monoisotopic (exact) mass is 352 g/mol. The number of fused-ring (bicyclic) bond motifs is 1. The maximum Gasteiger partial charge on any atom is 0.159 e. The quantitative estimate of drug-likeness (QED) is 0.721. The van der Waals surface area contributed by atoms with E-state index in [-0.39, 0.29) is 6.10 Å². The second-order valence-electron chi connectivity index (χ2n) is 7.05. The van der Waals surface area contributed by atoms with E-state index in [0.29, 0.717) is 6.61 Å². The Morgan fingerprint density at radius 2 is 1.77 bits per heavy atom. The predicted octanol–water partition coefficient (Wildman–Crippen LogP) is 2.33. The molecule has 4 heterocycles. The molecule has 0 saturated carbocycles. The van der Waals surface area contributed by atoms with Crippen LogP contribution in [0.3, 0.4) is 0 Å². The van der Waals surface area contributed by atoms with Gasteiger partial charge in [0.2, 0.25) is 0 Å². The third kappa shape index (κ3) is 3.32. The van der Waals surface area contributed by atoms with Gasteiger partial charge in [-0.3, -0.25) is 4.90 Å². The van der Waals surface area contributed by atoms with Crippen molar-refractivity contribution in [3.05, 3.63) is 52.5 Å². The van der Waals surface area contributed by atoms with Crippen molar-refractivity contribution < 1.29 is 4.74 Å². The highest BCUT2D eigenvalue weighted by Gasteiger charge is 2.25. The first-order valence-electron chi connectivity index (χ1n) is 8.96. The third-order valence-corrected chi connectivity index (χ3v) is 4.68. The number of hydrogen-bond donors (Lipinski definition) is 0. The van der Waals surface area contributed by atoms with E-state index >= 15 is 0 Å². The smallest absolute Gasteiger partial charge is 0.159 e. The Morgan fingerprint density at radius 1 is 1.04 bits per heavy atom. The van der Waals surface area contributed by atoms with Crippen LogP contribution in [0.15, 0.2) is 18.3 Å². The summed E-state index contributed by atoms with van der Waals surface area (Å²) in [6, 6.07) is 4.03. The number of aryl methyl sites for hydroxylation is 4. The van der Waals surface area contributed by atoms with Crippen LogP contribution in [0.5, 0.6) is 0 Å². The second-order valence-corrected chi connectivity index (χ2v) is 7.05. The fourth-order valence-electron chi connectivity index (χ4n) is 3.57. The Balaban J connectivity index is 1.56. The summed E-state index contributed by atoms with van der Waals surface area (Å²) >= 11 is 0. The summed E-state index contributed by atoms with van der Waals surface area (Å²) in [5.74, 6) is 0.775. The highest BCUT2D eigenvalue weighted by molar-refractivity contribution is 5.47. The van der Waals surface area contributed by atoms with E-state index < -0.39 is 0 Å². The molecule has 0 bridgehead atoms. The van der Waals surface area contributed by atoms with Crippen LogP contribution in [0, 0.1) is 27.7 Å². The van der Waals surface area contributed by atoms with Crippen LogP contribution in [0.2, 0.25) is 0 Å². The molecule has 136 valence electrons. The SMILES string of the molecule is Cc1cc(C)nc([C@@H]2CN(Cc3cnn4c(C)cc(C)nc34)CCO2)n1. The fraction of sp³-hybridized carbons (Fsp3) is 0.474. The van der Waals surface area contributed by atoms with Crippen molar-refractivity contribution in [2.24, 2.45) is 0 Å². The van der Waals surface area contributed by atoms with Crippen molar-refractivity contribution in [3.63, 3.8) is 0 Å². The van der Waals surface area contributed by atoms with Crippen molar-refractivity contribution in [2.45, 2.75) is 40.3 Å². The minimum absolute atomic E-state index is 0.0966. The van der Waals surface area contributed by atoms with Crippen LogP contribution in [0.1, 0.15) is 40.3 Å². The Kier molecular flexibility index (Phi) is 4.42. The van der Waals surface area contributed by atoms with Gasteiger partial charge in [-0.2, -0.15) is 5.10 Å². The minimum Gasteiger partial charge on any atom is -0.368 e. The third-order valence-electron chi connectivity index (χ3n) is 4.68. The van der Waals surface area contributed by atoms with E-state index in [0.717, 1.165) is 59.4 Å². The van der Waals surface area contributed by atoms with Gasteiger partial charge in [0.15, 0.2) is 11.5 Å². The number of nitrogens with zero attached hydrogens (tertiary/aromatic N) is 6. The summed E-state index contributed by atoms with van der Waals surface area (Å²) in [5, 5.41) is 4.50. The lowest BCUT2D eigenvalue weighted by molar-refractivity contribution is -0.0372. The Morgan fingerprint density at radius 3 is 2.54 bits per heavy atom. The maximum atomic E-state index is 5.95. The first kappa shape index (κ1) is 17.1. The van der Waals surface area contributed by atoms with Gasteiger partial charge >= 0.3 is 0 Å². The number of ether oxygens (including phenoxy) is 1. The van der Waals surface area contributed by atoms with E-state index in [1.165, 1.54) is 0 Å². The molecule has 0 unspecified atom stereocenters. The van der Waals surface area contributed by atoms with Crippen LogP contribution < -0.4 is 0 Å². The zero-order chi connectivity index (χ0) is 18.3. The maximum absolute atomic E-state index is 5.95. The first-order valence-corrected chi connectivity index (χ1v) is 8.96.